The highest BCUT2D eigenvalue weighted by atomic mass is 79.9. The topological polar surface area (TPSA) is 109 Å². The van der Waals surface area contributed by atoms with Crippen molar-refractivity contribution in [3.8, 4) is 17.4 Å². The van der Waals surface area contributed by atoms with Crippen molar-refractivity contribution in [3.05, 3.63) is 80.3 Å². The minimum absolute atomic E-state index is 0.0121. The molecular formula is C18H10BrN3O4. The Balaban J connectivity index is 1.91. The molecule has 3 rings (SSSR count). The smallest absolute Gasteiger partial charge is 0.270 e. The summed E-state index contributed by atoms with van der Waals surface area (Å²) in [7, 11) is 0. The second-order valence-electron chi connectivity index (χ2n) is 5.23. The van der Waals surface area contributed by atoms with Gasteiger partial charge >= 0.3 is 0 Å². The molecule has 0 radical (unpaired) electrons. The highest BCUT2D eigenvalue weighted by Gasteiger charge is 2.17. The van der Waals surface area contributed by atoms with Gasteiger partial charge in [0, 0.05) is 33.8 Å². The first-order valence-corrected chi connectivity index (χ1v) is 8.13. The molecule has 8 heteroatoms. The van der Waals surface area contributed by atoms with E-state index in [1.54, 1.807) is 30.3 Å². The van der Waals surface area contributed by atoms with Crippen molar-refractivity contribution in [2.45, 2.75) is 0 Å². The van der Waals surface area contributed by atoms with Crippen molar-refractivity contribution in [2.75, 3.05) is 5.32 Å². The fourth-order valence-electron chi connectivity index (χ4n) is 2.26. The molecule has 2 aromatic carbocycles. The van der Waals surface area contributed by atoms with Crippen LogP contribution in [0.15, 0.2) is 63.5 Å². The third kappa shape index (κ3) is 3.63. The van der Waals surface area contributed by atoms with Gasteiger partial charge in [0.2, 0.25) is 5.88 Å². The number of benzene rings is 2. The molecule has 7 nitrogen and oxygen atoms in total. The van der Waals surface area contributed by atoms with Gasteiger partial charge in [-0.3, -0.25) is 20.2 Å². The van der Waals surface area contributed by atoms with E-state index in [1.807, 2.05) is 6.07 Å². The number of halogens is 1. The summed E-state index contributed by atoms with van der Waals surface area (Å²) in [5, 5.41) is 22.7. The van der Waals surface area contributed by atoms with Crippen molar-refractivity contribution in [2.24, 2.45) is 0 Å². The van der Waals surface area contributed by atoms with Gasteiger partial charge in [-0.2, -0.15) is 5.26 Å². The van der Waals surface area contributed by atoms with E-state index in [9.17, 15) is 20.2 Å². The van der Waals surface area contributed by atoms with Crippen molar-refractivity contribution in [3.63, 3.8) is 0 Å². The van der Waals surface area contributed by atoms with Crippen LogP contribution in [-0.4, -0.2) is 10.8 Å². The normalized spacial score (nSPS) is 10.2. The summed E-state index contributed by atoms with van der Waals surface area (Å²) in [6, 6.07) is 15.9. The predicted molar refractivity (Wildman–Crippen MR) is 97.6 cm³/mol. The first-order chi connectivity index (χ1) is 12.5. The molecule has 26 heavy (non-hydrogen) atoms. The minimum Gasteiger partial charge on any atom is -0.439 e. The Morgan fingerprint density at radius 1 is 1.19 bits per heavy atom. The molecule has 0 saturated heterocycles. The quantitative estimate of drug-likeness (QED) is 0.492. The Bertz CT molecular complexity index is 1040. The Kier molecular flexibility index (Phi) is 4.82. The average molecular weight is 412 g/mol. The lowest BCUT2D eigenvalue weighted by Gasteiger charge is -2.03. The number of nitrogens with one attached hydrogen (secondary N) is 1. The van der Waals surface area contributed by atoms with Crippen LogP contribution in [0.4, 0.5) is 11.6 Å². The monoisotopic (exact) mass is 411 g/mol. The molecule has 0 spiro atoms. The first kappa shape index (κ1) is 17.4. The van der Waals surface area contributed by atoms with Crippen molar-refractivity contribution in [1.82, 2.24) is 0 Å². The average Bonchev–Trinajstić information content (AvgIpc) is 3.05. The van der Waals surface area contributed by atoms with Gasteiger partial charge in [0.25, 0.3) is 11.6 Å². The van der Waals surface area contributed by atoms with Gasteiger partial charge in [-0.25, -0.2) is 0 Å². The Morgan fingerprint density at radius 2 is 1.92 bits per heavy atom. The first-order valence-electron chi connectivity index (χ1n) is 7.33. The van der Waals surface area contributed by atoms with Gasteiger partial charge in [-0.1, -0.05) is 28.1 Å². The van der Waals surface area contributed by atoms with E-state index in [0.29, 0.717) is 11.1 Å². The molecule has 0 aliphatic heterocycles. The van der Waals surface area contributed by atoms with Crippen LogP contribution in [0.2, 0.25) is 0 Å². The fourth-order valence-corrected chi connectivity index (χ4v) is 2.52. The summed E-state index contributed by atoms with van der Waals surface area (Å²) in [5.41, 5.74) is 0.847. The van der Waals surface area contributed by atoms with Crippen LogP contribution in [0.1, 0.15) is 15.9 Å². The zero-order chi connectivity index (χ0) is 18.7. The van der Waals surface area contributed by atoms with Crippen LogP contribution in [0.25, 0.3) is 11.3 Å². The van der Waals surface area contributed by atoms with E-state index >= 15 is 0 Å². The maximum atomic E-state index is 12.3. The van der Waals surface area contributed by atoms with Gasteiger partial charge in [0.15, 0.2) is 0 Å². The summed E-state index contributed by atoms with van der Waals surface area (Å²) >= 11 is 3.29. The lowest BCUT2D eigenvalue weighted by Crippen LogP contribution is -2.11. The standard InChI is InChI=1S/C18H10BrN3O4/c19-14-6-4-11(5-7-14)17(23)21-18-13(10-20)9-16(26-18)12-2-1-3-15(8-12)22(24)25/h1-9H,(H,21,23). The summed E-state index contributed by atoms with van der Waals surface area (Å²) in [5.74, 6) is -0.202. The lowest BCUT2D eigenvalue weighted by atomic mass is 10.1. The number of hydrogen-bond acceptors (Lipinski definition) is 5. The molecule has 0 aliphatic rings. The van der Waals surface area contributed by atoms with E-state index in [-0.39, 0.29) is 22.9 Å². The Morgan fingerprint density at radius 3 is 2.58 bits per heavy atom. The van der Waals surface area contributed by atoms with E-state index in [4.69, 9.17) is 4.42 Å². The molecule has 0 bridgehead atoms. The van der Waals surface area contributed by atoms with Crippen molar-refractivity contribution >= 4 is 33.4 Å². The number of amides is 1. The molecule has 0 aliphatic carbocycles. The van der Waals surface area contributed by atoms with Gasteiger partial charge in [-0.05, 0) is 24.3 Å². The summed E-state index contributed by atoms with van der Waals surface area (Å²) in [6.07, 6.45) is 0. The maximum absolute atomic E-state index is 12.3. The van der Waals surface area contributed by atoms with Crippen LogP contribution in [0.5, 0.6) is 0 Å². The van der Waals surface area contributed by atoms with Gasteiger partial charge in [0.1, 0.15) is 17.4 Å². The number of anilines is 1. The molecule has 1 amide bonds. The van der Waals surface area contributed by atoms with Gasteiger partial charge in [0.05, 0.1) is 4.92 Å². The van der Waals surface area contributed by atoms with E-state index < -0.39 is 10.8 Å². The highest BCUT2D eigenvalue weighted by Crippen LogP contribution is 2.31. The number of rotatable bonds is 4. The second kappa shape index (κ2) is 7.21. The number of carbonyl (C=O) groups is 1. The summed E-state index contributed by atoms with van der Waals surface area (Å²) in [4.78, 5) is 22.7. The third-order valence-electron chi connectivity index (χ3n) is 3.53. The van der Waals surface area contributed by atoms with E-state index in [0.717, 1.165) is 4.47 Å². The maximum Gasteiger partial charge on any atom is 0.270 e. The number of nitrogens with zero attached hydrogens (tertiary/aromatic N) is 2. The van der Waals surface area contributed by atoms with Crippen LogP contribution in [-0.2, 0) is 0 Å². The van der Waals surface area contributed by atoms with E-state index in [1.165, 1.54) is 24.3 Å². The van der Waals surface area contributed by atoms with Gasteiger partial charge in [-0.15, -0.1) is 0 Å². The number of nitro benzene ring substituents is 1. The van der Waals surface area contributed by atoms with Crippen LogP contribution in [0.3, 0.4) is 0 Å². The third-order valence-corrected chi connectivity index (χ3v) is 4.06. The second-order valence-corrected chi connectivity index (χ2v) is 6.15. The summed E-state index contributed by atoms with van der Waals surface area (Å²) < 4.78 is 6.39. The lowest BCUT2D eigenvalue weighted by molar-refractivity contribution is -0.384. The molecule has 0 fully saturated rings. The van der Waals surface area contributed by atoms with E-state index in [2.05, 4.69) is 21.2 Å². The Hall–Kier alpha value is -3.44. The zero-order valence-corrected chi connectivity index (χ0v) is 14.7. The predicted octanol–water partition coefficient (Wildman–Crippen LogP) is 4.74. The zero-order valence-electron chi connectivity index (χ0n) is 13.1. The largest absolute Gasteiger partial charge is 0.439 e. The molecule has 3 aromatic rings. The molecule has 1 aromatic heterocycles. The fraction of sp³-hybridized carbons (Fsp3) is 0. The van der Waals surface area contributed by atoms with Crippen molar-refractivity contribution < 1.29 is 14.1 Å². The molecule has 0 unspecified atom stereocenters. The number of hydrogen-bond donors (Lipinski definition) is 1. The number of nitro groups is 1. The minimum atomic E-state index is -0.520. The van der Waals surface area contributed by atoms with Crippen molar-refractivity contribution in [1.29, 1.82) is 5.26 Å². The summed E-state index contributed by atoms with van der Waals surface area (Å²) in [6.45, 7) is 0. The number of furan rings is 1. The van der Waals surface area contributed by atoms with Gasteiger partial charge < -0.3 is 4.42 Å². The SMILES string of the molecule is N#Cc1cc(-c2cccc([N+](=O)[O-])c2)oc1NC(=O)c1ccc(Br)cc1. The molecule has 0 saturated carbocycles. The van der Waals surface area contributed by atoms with Crippen LogP contribution in [0, 0.1) is 21.4 Å². The molecular weight excluding hydrogens is 402 g/mol. The molecule has 0 atom stereocenters. The van der Waals surface area contributed by atoms with Crippen LogP contribution >= 0.6 is 15.9 Å². The number of carbonyl (C=O) groups excluding carboxylic acids is 1. The molecule has 1 N–H and O–H groups in total. The molecule has 128 valence electrons. The highest BCUT2D eigenvalue weighted by molar-refractivity contribution is 9.10. The number of nitriles is 1. The molecule has 1 heterocycles. The Labute approximate surface area is 156 Å². The van der Waals surface area contributed by atoms with Crippen LogP contribution < -0.4 is 5.32 Å². The number of non-ortho nitro benzene ring substituents is 1.